The average molecular weight is 470 g/mol. The summed E-state index contributed by atoms with van der Waals surface area (Å²) in [6.07, 6.45) is 7.86. The van der Waals surface area contributed by atoms with Crippen molar-refractivity contribution in [2.75, 3.05) is 19.7 Å². The van der Waals surface area contributed by atoms with Gasteiger partial charge in [-0.05, 0) is 24.6 Å². The largest absolute Gasteiger partial charge is 0.387 e. The number of fused-ring (bicyclic) bond motifs is 1. The molecule has 1 aliphatic heterocycles. The van der Waals surface area contributed by atoms with Gasteiger partial charge in [-0.3, -0.25) is 9.48 Å². The van der Waals surface area contributed by atoms with Gasteiger partial charge in [0.15, 0.2) is 0 Å². The molecule has 0 saturated carbocycles. The first kappa shape index (κ1) is 21.7. The second-order valence-corrected chi connectivity index (χ2v) is 9.00. The van der Waals surface area contributed by atoms with Crippen molar-refractivity contribution in [2.24, 2.45) is 0 Å². The second kappa shape index (κ2) is 9.02. The van der Waals surface area contributed by atoms with Crippen LogP contribution in [0.2, 0.25) is 0 Å². The molecule has 1 N–H and O–H groups in total. The second-order valence-electron chi connectivity index (χ2n) is 7.92. The molecule has 1 atom stereocenters. The van der Waals surface area contributed by atoms with Crippen LogP contribution in [0.25, 0.3) is 16.6 Å². The molecule has 4 heterocycles. The molecule has 10 heteroatoms. The predicted octanol–water partition coefficient (Wildman–Crippen LogP) is 2.86. The van der Waals surface area contributed by atoms with Gasteiger partial charge in [0, 0.05) is 46.4 Å². The summed E-state index contributed by atoms with van der Waals surface area (Å²) in [5.74, 6) is -0.272. The van der Waals surface area contributed by atoms with Crippen LogP contribution in [-0.4, -0.2) is 55.0 Å². The number of aliphatic hydroxyl groups excluding tert-OH is 1. The van der Waals surface area contributed by atoms with E-state index in [9.17, 15) is 15.3 Å². The van der Waals surface area contributed by atoms with E-state index >= 15 is 0 Å². The number of rotatable bonds is 5. The van der Waals surface area contributed by atoms with Crippen molar-refractivity contribution in [2.45, 2.75) is 22.3 Å². The van der Waals surface area contributed by atoms with E-state index in [4.69, 9.17) is 5.11 Å². The Labute approximate surface area is 199 Å². The number of hydrogen-bond donors (Lipinski definition) is 1. The van der Waals surface area contributed by atoms with Crippen LogP contribution in [-0.2, 0) is 4.79 Å². The number of benzene rings is 1. The van der Waals surface area contributed by atoms with E-state index in [1.54, 1.807) is 21.7 Å². The average Bonchev–Trinajstić information content (AvgIpc) is 3.63. The number of carbonyl (C=O) groups is 1. The number of nitriles is 2. The molecule has 0 bridgehead atoms. The smallest absolute Gasteiger partial charge is 0.248 e. The number of amides is 1. The zero-order valence-corrected chi connectivity index (χ0v) is 18.8. The maximum Gasteiger partial charge on any atom is 0.248 e. The lowest BCUT2D eigenvalue weighted by molar-refractivity contribution is -0.133. The van der Waals surface area contributed by atoms with Crippen molar-refractivity contribution >= 4 is 23.2 Å². The highest BCUT2D eigenvalue weighted by Crippen LogP contribution is 2.37. The first-order valence-corrected chi connectivity index (χ1v) is 11.4. The normalized spacial score (nSPS) is 15.4. The van der Waals surface area contributed by atoms with Crippen molar-refractivity contribution < 1.29 is 9.90 Å². The van der Waals surface area contributed by atoms with Crippen molar-refractivity contribution in [3.63, 3.8) is 0 Å². The molecular weight excluding hydrogens is 450 g/mol. The van der Waals surface area contributed by atoms with Gasteiger partial charge < -0.3 is 10.0 Å². The number of carbonyl (C=O) groups excluding carboxylic acids is 1. The topological polar surface area (TPSA) is 123 Å². The SMILES string of the molecule is N#Cc1ccccc1Sc1cc(-c2cnn([C@H]3CCN(C(=O)CO)C3)c2)cn2ncc(C#N)c12. The fourth-order valence-corrected chi connectivity index (χ4v) is 5.23. The molecule has 0 radical (unpaired) electrons. The third kappa shape index (κ3) is 3.90. The summed E-state index contributed by atoms with van der Waals surface area (Å²) in [4.78, 5) is 15.0. The van der Waals surface area contributed by atoms with Crippen molar-refractivity contribution in [3.8, 4) is 23.3 Å². The van der Waals surface area contributed by atoms with Gasteiger partial charge in [0.1, 0.15) is 18.7 Å². The number of aliphatic hydroxyl groups is 1. The van der Waals surface area contributed by atoms with Crippen molar-refractivity contribution in [1.82, 2.24) is 24.3 Å². The molecule has 5 rings (SSSR count). The summed E-state index contributed by atoms with van der Waals surface area (Å²) in [5.41, 5.74) is 3.44. The van der Waals surface area contributed by atoms with E-state index < -0.39 is 6.61 Å². The highest BCUT2D eigenvalue weighted by atomic mass is 32.2. The van der Waals surface area contributed by atoms with Gasteiger partial charge in [0.25, 0.3) is 0 Å². The number of likely N-dealkylation sites (tertiary alicyclic amines) is 1. The van der Waals surface area contributed by atoms with Gasteiger partial charge in [-0.25, -0.2) is 4.52 Å². The molecule has 0 spiro atoms. The first-order chi connectivity index (χ1) is 16.6. The molecule has 0 unspecified atom stereocenters. The van der Waals surface area contributed by atoms with Crippen LogP contribution in [0.3, 0.4) is 0 Å². The number of pyridine rings is 1. The number of hydrogen-bond acceptors (Lipinski definition) is 7. The standard InChI is InChI=1S/C24H19N7O2S/c25-8-16-3-1-2-4-21(16)34-22-7-17(12-31-24(22)18(9-26)10-28-31)19-11-27-30(13-19)20-5-6-29(14-20)23(33)15-32/h1-4,7,10-13,20,32H,5-6,14-15H2/t20-/m0/s1. The lowest BCUT2D eigenvalue weighted by Gasteiger charge is -2.15. The quantitative estimate of drug-likeness (QED) is 0.477. The van der Waals surface area contributed by atoms with E-state index in [1.807, 2.05) is 41.3 Å². The molecule has 0 aliphatic carbocycles. The Kier molecular flexibility index (Phi) is 5.76. The van der Waals surface area contributed by atoms with E-state index in [0.29, 0.717) is 29.7 Å². The highest BCUT2D eigenvalue weighted by molar-refractivity contribution is 7.99. The van der Waals surface area contributed by atoms with E-state index in [-0.39, 0.29) is 11.9 Å². The molecule has 168 valence electrons. The molecule has 1 amide bonds. The minimum Gasteiger partial charge on any atom is -0.387 e. The fourth-order valence-electron chi connectivity index (χ4n) is 4.14. The molecule has 9 nitrogen and oxygen atoms in total. The molecule has 3 aromatic heterocycles. The zero-order valence-electron chi connectivity index (χ0n) is 18.0. The van der Waals surface area contributed by atoms with Gasteiger partial charge in [-0.15, -0.1) is 0 Å². The van der Waals surface area contributed by atoms with Crippen LogP contribution < -0.4 is 0 Å². The Morgan fingerprint density at radius 3 is 2.71 bits per heavy atom. The van der Waals surface area contributed by atoms with E-state index in [2.05, 4.69) is 22.3 Å². The van der Waals surface area contributed by atoms with E-state index in [1.165, 1.54) is 18.0 Å². The molecule has 1 aromatic carbocycles. The van der Waals surface area contributed by atoms with Crippen LogP contribution in [0.15, 0.2) is 64.9 Å². The maximum atomic E-state index is 11.8. The van der Waals surface area contributed by atoms with Crippen LogP contribution in [0.1, 0.15) is 23.6 Å². The van der Waals surface area contributed by atoms with Gasteiger partial charge in [-0.2, -0.15) is 20.7 Å². The van der Waals surface area contributed by atoms with Gasteiger partial charge in [0.2, 0.25) is 5.91 Å². The Morgan fingerprint density at radius 1 is 1.09 bits per heavy atom. The van der Waals surface area contributed by atoms with Crippen LogP contribution in [0, 0.1) is 22.7 Å². The van der Waals surface area contributed by atoms with Crippen molar-refractivity contribution in [3.05, 3.63) is 66.2 Å². The Hall–Kier alpha value is -4.12. The van der Waals surface area contributed by atoms with E-state index in [0.717, 1.165) is 27.3 Å². The summed E-state index contributed by atoms with van der Waals surface area (Å²) in [6, 6.07) is 13.8. The molecular formula is C24H19N7O2S. The van der Waals surface area contributed by atoms with Gasteiger partial charge >= 0.3 is 0 Å². The summed E-state index contributed by atoms with van der Waals surface area (Å²) < 4.78 is 3.53. The Balaban J connectivity index is 1.51. The minimum absolute atomic E-state index is 0.0410. The van der Waals surface area contributed by atoms with Gasteiger partial charge in [-0.1, -0.05) is 23.9 Å². The Morgan fingerprint density at radius 2 is 1.91 bits per heavy atom. The summed E-state index contributed by atoms with van der Waals surface area (Å²) >= 11 is 1.42. The van der Waals surface area contributed by atoms with Crippen molar-refractivity contribution in [1.29, 1.82) is 10.5 Å². The third-order valence-corrected chi connectivity index (χ3v) is 6.99. The highest BCUT2D eigenvalue weighted by Gasteiger charge is 2.27. The van der Waals surface area contributed by atoms with Crippen LogP contribution in [0.4, 0.5) is 0 Å². The lowest BCUT2D eigenvalue weighted by atomic mass is 10.1. The lowest BCUT2D eigenvalue weighted by Crippen LogP contribution is -2.31. The molecule has 34 heavy (non-hydrogen) atoms. The number of nitrogens with zero attached hydrogens (tertiary/aromatic N) is 7. The third-order valence-electron chi connectivity index (χ3n) is 5.88. The van der Waals surface area contributed by atoms with Gasteiger partial charge in [0.05, 0.1) is 35.1 Å². The summed E-state index contributed by atoms with van der Waals surface area (Å²) in [5, 5.41) is 37.1. The molecule has 1 fully saturated rings. The molecule has 1 aliphatic rings. The summed E-state index contributed by atoms with van der Waals surface area (Å²) in [6.45, 7) is 0.617. The fraction of sp³-hybridized carbons (Fsp3) is 0.208. The Bertz CT molecular complexity index is 1480. The predicted molar refractivity (Wildman–Crippen MR) is 124 cm³/mol. The summed E-state index contributed by atoms with van der Waals surface area (Å²) in [7, 11) is 0. The molecule has 4 aromatic rings. The first-order valence-electron chi connectivity index (χ1n) is 10.6. The maximum absolute atomic E-state index is 11.8. The molecule has 1 saturated heterocycles. The minimum atomic E-state index is -0.485. The van der Waals surface area contributed by atoms with Crippen LogP contribution >= 0.6 is 11.8 Å². The zero-order chi connectivity index (χ0) is 23.7. The monoisotopic (exact) mass is 469 g/mol. The van der Waals surface area contributed by atoms with Crippen LogP contribution in [0.5, 0.6) is 0 Å². The number of aromatic nitrogens is 4.